The monoisotopic (exact) mass is 595 g/mol. The van der Waals surface area contributed by atoms with E-state index in [2.05, 4.69) is 0 Å². The van der Waals surface area contributed by atoms with Gasteiger partial charge in [0.25, 0.3) is 0 Å². The van der Waals surface area contributed by atoms with E-state index < -0.39 is 84.8 Å². The van der Waals surface area contributed by atoms with E-state index >= 15 is 0 Å². The van der Waals surface area contributed by atoms with Crippen LogP contribution in [-0.4, -0.2) is 84.8 Å². The number of halogens is 22. The van der Waals surface area contributed by atoms with Gasteiger partial charge in [-0.25, -0.2) is 0 Å². The summed E-state index contributed by atoms with van der Waals surface area (Å²) in [5, 5.41) is 0. The van der Waals surface area contributed by atoms with Gasteiger partial charge in [-0.05, 0) is 7.05 Å². The minimum atomic E-state index is -8.07. The number of hydrogen-bond acceptors (Lipinski definition) is 1. The molecule has 0 heterocycles. The molecule has 0 aromatic rings. The summed E-state index contributed by atoms with van der Waals surface area (Å²) in [6.07, 6.45) is -15.3. The minimum Gasteiger partial charge on any atom is -0.294 e. The highest BCUT2D eigenvalue weighted by molar-refractivity contribution is 5.09. The van der Waals surface area contributed by atoms with Crippen LogP contribution < -0.4 is 0 Å². The van der Waals surface area contributed by atoms with Crippen molar-refractivity contribution in [1.82, 2.24) is 4.90 Å². The molecule has 0 spiro atoms. The molecule has 1 nitrogen and oxygen atoms in total. The first-order valence-corrected chi connectivity index (χ1v) is 7.94. The lowest BCUT2D eigenvalue weighted by molar-refractivity contribution is -0.426. The molecule has 0 aliphatic heterocycles. The van der Waals surface area contributed by atoms with Gasteiger partial charge >= 0.3 is 59.7 Å². The minimum absolute atomic E-state index is 0.575. The quantitative estimate of drug-likeness (QED) is 0.243. The fraction of sp³-hybridized carbons (Fsp3) is 1.00. The van der Waals surface area contributed by atoms with Crippen molar-refractivity contribution in [1.29, 1.82) is 0 Å². The molecule has 0 aliphatic rings. The standard InChI is InChI=1S/C13H7F22N/c1-36(2-4(14,15)6(18,19)8(22,23)10(26,27)12(30,31)32)3-5(16,17)7(20,21)9(24,25)11(28,29)13(33,34)35/h2-3H2,1H3. The van der Waals surface area contributed by atoms with Crippen LogP contribution in [0.15, 0.2) is 0 Å². The molecule has 0 rings (SSSR count). The molecule has 0 aromatic heterocycles. The van der Waals surface area contributed by atoms with E-state index in [0.717, 1.165) is 0 Å². The summed E-state index contributed by atoms with van der Waals surface area (Å²) >= 11 is 0. The summed E-state index contributed by atoms with van der Waals surface area (Å²) in [6, 6.07) is 0. The highest BCUT2D eigenvalue weighted by Gasteiger charge is 2.88. The fourth-order valence-corrected chi connectivity index (χ4v) is 2.14. The molecule has 0 atom stereocenters. The highest BCUT2D eigenvalue weighted by Crippen LogP contribution is 2.59. The van der Waals surface area contributed by atoms with Crippen LogP contribution in [0.3, 0.4) is 0 Å². The summed E-state index contributed by atoms with van der Waals surface area (Å²) in [6.45, 7) is -7.28. The Hall–Kier alpha value is -1.58. The summed E-state index contributed by atoms with van der Waals surface area (Å²) in [5.74, 6) is -61.7. The normalized spacial score (nSPS) is 16.7. The molecule has 0 saturated carbocycles. The third-order valence-corrected chi connectivity index (χ3v) is 4.15. The first kappa shape index (κ1) is 34.4. The Balaban J connectivity index is 6.19. The number of nitrogens with zero attached hydrogens (tertiary/aromatic N) is 1. The van der Waals surface area contributed by atoms with Crippen molar-refractivity contribution < 1.29 is 96.6 Å². The molecule has 0 unspecified atom stereocenters. The number of rotatable bonds is 10. The molecule has 23 heteroatoms. The Kier molecular flexibility index (Phi) is 8.35. The number of alkyl halides is 22. The van der Waals surface area contributed by atoms with E-state index in [0.29, 0.717) is 0 Å². The van der Waals surface area contributed by atoms with Gasteiger partial charge in [0.2, 0.25) is 0 Å². The van der Waals surface area contributed by atoms with Crippen LogP contribution in [-0.2, 0) is 0 Å². The van der Waals surface area contributed by atoms with Crippen molar-refractivity contribution in [3.63, 3.8) is 0 Å². The van der Waals surface area contributed by atoms with E-state index in [-0.39, 0.29) is 0 Å². The second-order valence-electron chi connectivity index (χ2n) is 7.02. The van der Waals surface area contributed by atoms with Gasteiger partial charge < -0.3 is 0 Å². The maximum Gasteiger partial charge on any atom is 0.460 e. The van der Waals surface area contributed by atoms with E-state index in [1.165, 1.54) is 0 Å². The SMILES string of the molecule is CN(CC(F)(F)C(F)(F)C(F)(F)C(F)(F)C(F)(F)F)CC(F)(F)C(F)(F)C(F)(F)C(F)(F)C(F)(F)F. The van der Waals surface area contributed by atoms with Crippen molar-refractivity contribution >= 4 is 0 Å². The Bertz CT molecular complexity index is 708. The zero-order valence-corrected chi connectivity index (χ0v) is 16.2. The summed E-state index contributed by atoms with van der Waals surface area (Å²) in [7, 11) is -0.575. The van der Waals surface area contributed by atoms with Crippen LogP contribution in [0, 0.1) is 0 Å². The third-order valence-electron chi connectivity index (χ3n) is 4.15. The van der Waals surface area contributed by atoms with Crippen LogP contribution in [0.2, 0.25) is 0 Å². The molecular formula is C13H7F22N. The van der Waals surface area contributed by atoms with E-state index in [1.54, 1.807) is 0 Å². The lowest BCUT2D eigenvalue weighted by Crippen LogP contribution is -2.69. The Morgan fingerprint density at radius 2 is 0.528 bits per heavy atom. The van der Waals surface area contributed by atoms with Crippen molar-refractivity contribution in [2.75, 3.05) is 20.1 Å². The topological polar surface area (TPSA) is 3.24 Å². The second kappa shape index (κ2) is 8.73. The largest absolute Gasteiger partial charge is 0.460 e. The van der Waals surface area contributed by atoms with E-state index in [1.807, 2.05) is 0 Å². The van der Waals surface area contributed by atoms with Crippen LogP contribution in [0.25, 0.3) is 0 Å². The van der Waals surface area contributed by atoms with E-state index in [9.17, 15) is 96.6 Å². The van der Waals surface area contributed by atoms with Crippen LogP contribution in [0.5, 0.6) is 0 Å². The zero-order valence-electron chi connectivity index (χ0n) is 16.2. The summed E-state index contributed by atoms with van der Waals surface area (Å²) in [4.78, 5) is -1.54. The Morgan fingerprint density at radius 3 is 0.694 bits per heavy atom. The molecule has 0 aliphatic carbocycles. The third kappa shape index (κ3) is 4.95. The van der Waals surface area contributed by atoms with Gasteiger partial charge in [0.1, 0.15) is 0 Å². The molecule has 0 radical (unpaired) electrons. The number of hydrogen-bond donors (Lipinski definition) is 0. The van der Waals surface area contributed by atoms with Crippen molar-refractivity contribution in [2.45, 2.75) is 59.7 Å². The first-order chi connectivity index (χ1) is 15.1. The molecule has 0 aromatic carbocycles. The Morgan fingerprint density at radius 1 is 0.333 bits per heavy atom. The van der Waals surface area contributed by atoms with Gasteiger partial charge in [0.15, 0.2) is 0 Å². The molecule has 0 bridgehead atoms. The molecule has 0 saturated heterocycles. The van der Waals surface area contributed by atoms with Crippen LogP contribution >= 0.6 is 0 Å². The second-order valence-corrected chi connectivity index (χ2v) is 7.02. The smallest absolute Gasteiger partial charge is 0.294 e. The maximum atomic E-state index is 13.5. The zero-order chi connectivity index (χ0) is 30.0. The van der Waals surface area contributed by atoms with Crippen molar-refractivity contribution in [2.24, 2.45) is 0 Å². The van der Waals surface area contributed by atoms with Gasteiger partial charge in [-0.3, -0.25) is 4.90 Å². The van der Waals surface area contributed by atoms with Gasteiger partial charge in [-0.1, -0.05) is 0 Å². The fourth-order valence-electron chi connectivity index (χ4n) is 2.14. The molecular weight excluding hydrogens is 588 g/mol. The van der Waals surface area contributed by atoms with Crippen molar-refractivity contribution in [3.8, 4) is 0 Å². The summed E-state index contributed by atoms with van der Waals surface area (Å²) in [5.41, 5.74) is 0. The molecule has 0 N–H and O–H groups in total. The molecule has 218 valence electrons. The predicted molar refractivity (Wildman–Crippen MR) is 69.2 cm³/mol. The van der Waals surface area contributed by atoms with Gasteiger partial charge in [-0.2, -0.15) is 96.6 Å². The lowest BCUT2D eigenvalue weighted by Gasteiger charge is -2.40. The molecule has 0 amide bonds. The molecule has 36 heavy (non-hydrogen) atoms. The first-order valence-electron chi connectivity index (χ1n) is 7.94. The van der Waals surface area contributed by atoms with Gasteiger partial charge in [0.05, 0.1) is 13.1 Å². The average molecular weight is 595 g/mol. The highest BCUT2D eigenvalue weighted by atomic mass is 19.4. The molecule has 0 fully saturated rings. The van der Waals surface area contributed by atoms with Crippen LogP contribution in [0.4, 0.5) is 96.6 Å². The van der Waals surface area contributed by atoms with E-state index in [4.69, 9.17) is 0 Å². The van der Waals surface area contributed by atoms with Gasteiger partial charge in [0, 0.05) is 0 Å². The Labute approximate surface area is 183 Å². The average Bonchev–Trinajstić information content (AvgIpc) is 2.57. The summed E-state index contributed by atoms with van der Waals surface area (Å²) < 4.78 is 282. The lowest BCUT2D eigenvalue weighted by atomic mass is 9.96. The predicted octanol–water partition coefficient (Wildman–Crippen LogP) is 7.13. The van der Waals surface area contributed by atoms with Gasteiger partial charge in [-0.15, -0.1) is 0 Å². The van der Waals surface area contributed by atoms with Crippen LogP contribution in [0.1, 0.15) is 0 Å². The van der Waals surface area contributed by atoms with Crippen molar-refractivity contribution in [3.05, 3.63) is 0 Å². The maximum absolute atomic E-state index is 13.5.